The number of amides is 2. The summed E-state index contributed by atoms with van der Waals surface area (Å²) in [6.45, 7) is 8.19. The van der Waals surface area contributed by atoms with Crippen molar-refractivity contribution in [2.24, 2.45) is 11.8 Å². The highest BCUT2D eigenvalue weighted by Gasteiger charge is 2.32. The third-order valence-electron chi connectivity index (χ3n) is 8.30. The Balaban J connectivity index is 1.35. The third-order valence-corrected chi connectivity index (χ3v) is 8.30. The molecule has 1 aromatic heterocycles. The quantitative estimate of drug-likeness (QED) is 0.396. The predicted octanol–water partition coefficient (Wildman–Crippen LogP) is 4.27. The van der Waals surface area contributed by atoms with Crippen molar-refractivity contribution in [3.8, 4) is 5.75 Å². The van der Waals surface area contributed by atoms with E-state index in [0.29, 0.717) is 31.0 Å². The van der Waals surface area contributed by atoms with Crippen molar-refractivity contribution in [1.29, 1.82) is 0 Å². The normalized spacial score (nSPS) is 18.6. The molecule has 0 bridgehead atoms. The Kier molecular flexibility index (Phi) is 11.2. The second-order valence-corrected chi connectivity index (χ2v) is 11.6. The first-order valence-electron chi connectivity index (χ1n) is 15.2. The average molecular weight is 564 g/mol. The lowest BCUT2D eigenvalue weighted by atomic mass is 9.80. The molecule has 9 heteroatoms. The molecule has 0 unspecified atom stereocenters. The van der Waals surface area contributed by atoms with E-state index in [-0.39, 0.29) is 41.9 Å². The second-order valence-electron chi connectivity index (χ2n) is 11.6. The number of ether oxygens (including phenoxy) is 1. The van der Waals surface area contributed by atoms with Crippen LogP contribution in [0.2, 0.25) is 0 Å². The summed E-state index contributed by atoms with van der Waals surface area (Å²) >= 11 is 0. The zero-order chi connectivity index (χ0) is 29.2. The van der Waals surface area contributed by atoms with Crippen LogP contribution in [0.15, 0.2) is 36.8 Å². The molecule has 2 amide bonds. The molecule has 2 aliphatic rings. The van der Waals surface area contributed by atoms with Crippen molar-refractivity contribution in [1.82, 2.24) is 25.5 Å². The summed E-state index contributed by atoms with van der Waals surface area (Å²) in [5.41, 5.74) is 2.34. The minimum Gasteiger partial charge on any atom is -0.490 e. The molecule has 9 nitrogen and oxygen atoms in total. The molecule has 2 N–H and O–H groups in total. The number of rotatable bonds is 12. The molecule has 1 aliphatic carbocycles. The summed E-state index contributed by atoms with van der Waals surface area (Å²) < 4.78 is 5.57. The molecule has 1 saturated heterocycles. The van der Waals surface area contributed by atoms with Gasteiger partial charge in [0, 0.05) is 37.0 Å². The molecule has 0 radical (unpaired) electrons. The van der Waals surface area contributed by atoms with Crippen LogP contribution in [-0.2, 0) is 16.1 Å². The number of carbonyl (C=O) groups is 3. The minimum atomic E-state index is -0.436. The van der Waals surface area contributed by atoms with E-state index >= 15 is 0 Å². The van der Waals surface area contributed by atoms with Gasteiger partial charge in [-0.15, -0.1) is 0 Å². The lowest BCUT2D eigenvalue weighted by molar-refractivity contribution is -0.131. The largest absolute Gasteiger partial charge is 0.490 e. The van der Waals surface area contributed by atoms with Gasteiger partial charge in [-0.3, -0.25) is 14.4 Å². The van der Waals surface area contributed by atoms with Crippen molar-refractivity contribution >= 4 is 17.6 Å². The van der Waals surface area contributed by atoms with E-state index < -0.39 is 6.04 Å². The van der Waals surface area contributed by atoms with Crippen molar-refractivity contribution in [2.75, 3.05) is 26.2 Å². The molecule has 2 aromatic rings. The van der Waals surface area contributed by atoms with Crippen molar-refractivity contribution < 1.29 is 19.1 Å². The van der Waals surface area contributed by atoms with E-state index in [0.717, 1.165) is 56.3 Å². The maximum atomic E-state index is 13.4. The fourth-order valence-corrected chi connectivity index (χ4v) is 6.03. The Morgan fingerprint density at radius 1 is 1.10 bits per heavy atom. The third kappa shape index (κ3) is 8.35. The van der Waals surface area contributed by atoms with Crippen LogP contribution in [-0.4, -0.2) is 64.7 Å². The summed E-state index contributed by atoms with van der Waals surface area (Å²) in [4.78, 5) is 49.7. The van der Waals surface area contributed by atoms with E-state index in [1.54, 1.807) is 6.20 Å². The Bertz CT molecular complexity index is 1180. The monoisotopic (exact) mass is 563 g/mol. The smallest absolute Gasteiger partial charge is 0.251 e. The highest BCUT2D eigenvalue weighted by Crippen LogP contribution is 2.30. The number of Topliss-reactive ketones (excluding diaryl/α,β-unsaturated/α-hetero) is 1. The Morgan fingerprint density at radius 2 is 1.90 bits per heavy atom. The fraction of sp³-hybridized carbons (Fsp3) is 0.594. The molecule has 4 rings (SSSR count). The molecule has 222 valence electrons. The number of carbonyl (C=O) groups excluding carboxylic acids is 3. The lowest BCUT2D eigenvalue weighted by Crippen LogP contribution is -2.48. The van der Waals surface area contributed by atoms with E-state index in [2.05, 4.69) is 20.6 Å². The van der Waals surface area contributed by atoms with E-state index in [4.69, 9.17) is 4.74 Å². The van der Waals surface area contributed by atoms with Crippen molar-refractivity contribution in [2.45, 2.75) is 84.2 Å². The van der Waals surface area contributed by atoms with Crippen LogP contribution in [0.3, 0.4) is 0 Å². The Morgan fingerprint density at radius 3 is 2.66 bits per heavy atom. The van der Waals surface area contributed by atoms with E-state index in [9.17, 15) is 14.4 Å². The molecule has 2 heterocycles. The highest BCUT2D eigenvalue weighted by molar-refractivity contribution is 5.98. The fourth-order valence-electron chi connectivity index (χ4n) is 6.03. The average Bonchev–Trinajstić information content (AvgIpc) is 3.01. The second kappa shape index (κ2) is 15.1. The van der Waals surface area contributed by atoms with Gasteiger partial charge in [0.1, 0.15) is 6.33 Å². The first-order chi connectivity index (χ1) is 19.9. The van der Waals surface area contributed by atoms with Crippen LogP contribution in [0.1, 0.15) is 93.3 Å². The number of nitrogens with one attached hydrogen (secondary N) is 2. The molecule has 41 heavy (non-hydrogen) atoms. The van der Waals surface area contributed by atoms with Gasteiger partial charge in [0.2, 0.25) is 5.91 Å². The maximum absolute atomic E-state index is 13.4. The standard InChI is InChI=1S/C32H45N5O4/c1-4-41-28-18-34-21-35-27(28)17-33-19-29(38)37-15-9-14-26(20-37)24-12-8-13-25(16-24)32(40)36-30(31(39)22(2)3)23-10-6-5-7-11-23/h8,12-13,16,18,21-23,26,30,33H,4-7,9-11,14-15,17,19-20H2,1-3H3,(H,36,40)/t26-,30-/m1/s1. The van der Waals surface area contributed by atoms with Gasteiger partial charge in [-0.25, -0.2) is 9.97 Å². The van der Waals surface area contributed by atoms with Crippen molar-refractivity contribution in [3.63, 3.8) is 0 Å². The molecule has 2 atom stereocenters. The number of hydrogen-bond acceptors (Lipinski definition) is 7. The molecular weight excluding hydrogens is 518 g/mol. The molecular formula is C32H45N5O4. The number of nitrogens with zero attached hydrogens (tertiary/aromatic N) is 3. The summed E-state index contributed by atoms with van der Waals surface area (Å²) in [6, 6.07) is 7.26. The number of ketones is 1. The van der Waals surface area contributed by atoms with Crippen LogP contribution in [0.25, 0.3) is 0 Å². The molecule has 1 saturated carbocycles. The number of likely N-dealkylation sites (tertiary alicyclic amines) is 1. The zero-order valence-corrected chi connectivity index (χ0v) is 24.7. The van der Waals surface area contributed by atoms with E-state index in [1.165, 1.54) is 12.7 Å². The zero-order valence-electron chi connectivity index (χ0n) is 24.7. The first kappa shape index (κ1) is 30.6. The molecule has 0 spiro atoms. The van der Waals surface area contributed by atoms with Gasteiger partial charge in [0.05, 0.1) is 31.1 Å². The Hall–Kier alpha value is -3.33. The van der Waals surface area contributed by atoms with Gasteiger partial charge in [-0.2, -0.15) is 0 Å². The van der Waals surface area contributed by atoms with Gasteiger partial charge in [-0.1, -0.05) is 45.2 Å². The predicted molar refractivity (Wildman–Crippen MR) is 158 cm³/mol. The highest BCUT2D eigenvalue weighted by atomic mass is 16.5. The number of benzene rings is 1. The topological polar surface area (TPSA) is 114 Å². The van der Waals surface area contributed by atoms with Gasteiger partial charge >= 0.3 is 0 Å². The van der Waals surface area contributed by atoms with Gasteiger partial charge in [0.25, 0.3) is 5.91 Å². The van der Waals surface area contributed by atoms with E-state index in [1.807, 2.05) is 49.9 Å². The van der Waals surface area contributed by atoms with Crippen LogP contribution < -0.4 is 15.4 Å². The first-order valence-corrected chi connectivity index (χ1v) is 15.2. The summed E-state index contributed by atoms with van der Waals surface area (Å²) in [6.07, 6.45) is 10.4. The SMILES string of the molecule is CCOc1cncnc1CNCC(=O)N1CCC[C@@H](c2cccc(C(=O)N[C@@H](C(=O)C(C)C)C3CCCCC3)c2)C1. The van der Waals surface area contributed by atoms with Gasteiger partial charge in [0.15, 0.2) is 11.5 Å². The minimum absolute atomic E-state index is 0.0399. The van der Waals surface area contributed by atoms with Crippen molar-refractivity contribution in [3.05, 3.63) is 53.6 Å². The maximum Gasteiger partial charge on any atom is 0.251 e. The number of hydrogen-bond donors (Lipinski definition) is 2. The summed E-state index contributed by atoms with van der Waals surface area (Å²) in [5.74, 6) is 0.816. The Labute approximate surface area is 243 Å². The van der Waals surface area contributed by atoms with Crippen LogP contribution in [0.5, 0.6) is 5.75 Å². The molecule has 1 aliphatic heterocycles. The summed E-state index contributed by atoms with van der Waals surface area (Å²) in [5, 5.41) is 6.31. The molecule has 1 aromatic carbocycles. The lowest BCUT2D eigenvalue weighted by Gasteiger charge is -2.33. The number of piperidine rings is 1. The van der Waals surface area contributed by atoms with Gasteiger partial charge < -0.3 is 20.3 Å². The summed E-state index contributed by atoms with van der Waals surface area (Å²) in [7, 11) is 0. The molecule has 2 fully saturated rings. The van der Waals surface area contributed by atoms with Crippen LogP contribution in [0.4, 0.5) is 0 Å². The number of aromatic nitrogens is 2. The van der Waals surface area contributed by atoms with Gasteiger partial charge in [-0.05, 0) is 56.2 Å². The van der Waals surface area contributed by atoms with Crippen LogP contribution >= 0.6 is 0 Å². The van der Waals surface area contributed by atoms with Crippen LogP contribution in [0, 0.1) is 11.8 Å².